The molecule has 2 N–H and O–H groups in total. The van der Waals surface area contributed by atoms with Crippen LogP contribution in [0.2, 0.25) is 0 Å². The predicted octanol–water partition coefficient (Wildman–Crippen LogP) is -0.641. The van der Waals surface area contributed by atoms with Crippen molar-refractivity contribution in [2.24, 2.45) is 0 Å². The standard InChI is InChI=1S/C6H7N3O3/c1-7-4(10)5(11)9-6-8-2-3-12-6/h2-3H,1H3,(H,7,10)(H,8,9,11). The molecule has 0 aromatic carbocycles. The molecule has 6 nitrogen and oxygen atoms in total. The second kappa shape index (κ2) is 3.51. The Kier molecular flexibility index (Phi) is 2.42. The molecular weight excluding hydrogens is 162 g/mol. The number of rotatable bonds is 1. The Morgan fingerprint density at radius 1 is 1.50 bits per heavy atom. The van der Waals surface area contributed by atoms with E-state index in [-0.39, 0.29) is 6.01 Å². The van der Waals surface area contributed by atoms with Gasteiger partial charge in [-0.2, -0.15) is 0 Å². The first kappa shape index (κ1) is 8.25. The molecule has 0 aliphatic heterocycles. The van der Waals surface area contributed by atoms with Crippen LogP contribution in [0.15, 0.2) is 16.9 Å². The Morgan fingerprint density at radius 3 is 2.75 bits per heavy atom. The van der Waals surface area contributed by atoms with Crippen LogP contribution in [0.5, 0.6) is 0 Å². The molecule has 0 unspecified atom stereocenters. The minimum Gasteiger partial charge on any atom is -0.432 e. The molecule has 12 heavy (non-hydrogen) atoms. The van der Waals surface area contributed by atoms with Crippen LogP contribution >= 0.6 is 0 Å². The van der Waals surface area contributed by atoms with Gasteiger partial charge in [0.05, 0.1) is 6.20 Å². The van der Waals surface area contributed by atoms with Gasteiger partial charge in [0.1, 0.15) is 6.26 Å². The SMILES string of the molecule is CNC(=O)C(=O)Nc1ncco1. The lowest BCUT2D eigenvalue weighted by molar-refractivity contribution is -0.135. The van der Waals surface area contributed by atoms with E-state index in [1.807, 2.05) is 0 Å². The molecule has 1 aromatic rings. The van der Waals surface area contributed by atoms with Crippen LogP contribution in [0.3, 0.4) is 0 Å². The number of hydrogen-bond donors (Lipinski definition) is 2. The van der Waals surface area contributed by atoms with Gasteiger partial charge in [-0.15, -0.1) is 0 Å². The summed E-state index contributed by atoms with van der Waals surface area (Å²) in [4.78, 5) is 25.1. The molecule has 0 atom stereocenters. The van der Waals surface area contributed by atoms with Crippen LogP contribution in [0.1, 0.15) is 0 Å². The lowest BCUT2D eigenvalue weighted by Crippen LogP contribution is -2.32. The van der Waals surface area contributed by atoms with Crippen molar-refractivity contribution in [2.75, 3.05) is 12.4 Å². The maximum Gasteiger partial charge on any atom is 0.317 e. The molecule has 0 fully saturated rings. The van der Waals surface area contributed by atoms with Crippen LogP contribution < -0.4 is 10.6 Å². The van der Waals surface area contributed by atoms with Crippen molar-refractivity contribution < 1.29 is 14.0 Å². The largest absolute Gasteiger partial charge is 0.432 e. The first-order valence-corrected chi connectivity index (χ1v) is 3.16. The van der Waals surface area contributed by atoms with Gasteiger partial charge in [0.25, 0.3) is 0 Å². The van der Waals surface area contributed by atoms with Gasteiger partial charge in [-0.1, -0.05) is 0 Å². The predicted molar refractivity (Wildman–Crippen MR) is 39.2 cm³/mol. The lowest BCUT2D eigenvalue weighted by Gasteiger charge is -1.97. The highest BCUT2D eigenvalue weighted by Gasteiger charge is 2.12. The molecule has 64 valence electrons. The molecule has 6 heteroatoms. The smallest absolute Gasteiger partial charge is 0.317 e. The van der Waals surface area contributed by atoms with Crippen molar-refractivity contribution >= 4 is 17.8 Å². The van der Waals surface area contributed by atoms with Crippen LogP contribution in [-0.2, 0) is 9.59 Å². The fraction of sp³-hybridized carbons (Fsp3) is 0.167. The number of carbonyl (C=O) groups excluding carboxylic acids is 2. The second-order valence-corrected chi connectivity index (χ2v) is 1.87. The summed E-state index contributed by atoms with van der Waals surface area (Å²) in [7, 11) is 1.36. The normalized spacial score (nSPS) is 9.08. The summed E-state index contributed by atoms with van der Waals surface area (Å²) >= 11 is 0. The summed E-state index contributed by atoms with van der Waals surface area (Å²) in [5, 5.41) is 4.30. The van der Waals surface area contributed by atoms with Crippen molar-refractivity contribution in [2.45, 2.75) is 0 Å². The minimum absolute atomic E-state index is 0.00333. The number of oxazole rings is 1. The quantitative estimate of drug-likeness (QED) is 0.547. The van der Waals surface area contributed by atoms with Gasteiger partial charge in [0.15, 0.2) is 0 Å². The van der Waals surface area contributed by atoms with E-state index >= 15 is 0 Å². The molecule has 0 aliphatic carbocycles. The highest BCUT2D eigenvalue weighted by atomic mass is 16.4. The van der Waals surface area contributed by atoms with E-state index in [4.69, 9.17) is 0 Å². The van der Waals surface area contributed by atoms with E-state index in [1.54, 1.807) is 0 Å². The van der Waals surface area contributed by atoms with Gasteiger partial charge < -0.3 is 9.73 Å². The van der Waals surface area contributed by atoms with E-state index in [2.05, 4.69) is 20.0 Å². The number of likely N-dealkylation sites (N-methyl/N-ethyl adjacent to an activating group) is 1. The zero-order valence-corrected chi connectivity index (χ0v) is 6.33. The molecule has 0 bridgehead atoms. The number of anilines is 1. The number of nitrogens with zero attached hydrogens (tertiary/aromatic N) is 1. The summed E-state index contributed by atoms with van der Waals surface area (Å²) in [6.07, 6.45) is 2.65. The van der Waals surface area contributed by atoms with Crippen LogP contribution in [0.4, 0.5) is 6.01 Å². The number of nitrogens with one attached hydrogen (secondary N) is 2. The monoisotopic (exact) mass is 169 g/mol. The Labute approximate surface area is 68.0 Å². The van der Waals surface area contributed by atoms with Crippen LogP contribution in [0.25, 0.3) is 0 Å². The molecule has 0 saturated carbocycles. The van der Waals surface area contributed by atoms with E-state index in [9.17, 15) is 9.59 Å². The van der Waals surface area contributed by atoms with Gasteiger partial charge in [-0.25, -0.2) is 4.98 Å². The van der Waals surface area contributed by atoms with Crippen molar-refractivity contribution in [1.29, 1.82) is 0 Å². The van der Waals surface area contributed by atoms with Gasteiger partial charge in [0, 0.05) is 7.05 Å². The molecule has 0 aliphatic rings. The van der Waals surface area contributed by atoms with E-state index in [0.717, 1.165) is 0 Å². The van der Waals surface area contributed by atoms with Crippen molar-refractivity contribution in [3.05, 3.63) is 12.5 Å². The van der Waals surface area contributed by atoms with Crippen molar-refractivity contribution in [3.8, 4) is 0 Å². The highest BCUT2D eigenvalue weighted by molar-refractivity contribution is 6.39. The van der Waals surface area contributed by atoms with Gasteiger partial charge in [-0.3, -0.25) is 14.9 Å². The molecule has 1 aromatic heterocycles. The van der Waals surface area contributed by atoms with E-state index < -0.39 is 11.8 Å². The number of amides is 2. The Morgan fingerprint density at radius 2 is 2.25 bits per heavy atom. The molecule has 0 saturated heterocycles. The average Bonchev–Trinajstić information content (AvgIpc) is 2.55. The molecule has 1 heterocycles. The Bertz CT molecular complexity index is 280. The molecule has 2 amide bonds. The molecule has 0 spiro atoms. The molecule has 0 radical (unpaired) electrons. The zero-order chi connectivity index (χ0) is 8.97. The Balaban J connectivity index is 2.53. The average molecular weight is 169 g/mol. The number of carbonyl (C=O) groups is 2. The minimum atomic E-state index is -0.806. The van der Waals surface area contributed by atoms with Crippen LogP contribution in [0, 0.1) is 0 Å². The summed E-state index contributed by atoms with van der Waals surface area (Å²) in [6, 6.07) is 0.00333. The van der Waals surface area contributed by atoms with Gasteiger partial charge in [-0.05, 0) is 0 Å². The van der Waals surface area contributed by atoms with E-state index in [0.29, 0.717) is 0 Å². The third-order valence-electron chi connectivity index (χ3n) is 1.09. The first-order valence-electron chi connectivity index (χ1n) is 3.16. The maximum absolute atomic E-state index is 10.8. The molecule has 1 rings (SSSR count). The Hall–Kier alpha value is -1.85. The summed E-state index contributed by atoms with van der Waals surface area (Å²) in [6.45, 7) is 0. The topological polar surface area (TPSA) is 84.2 Å². The molecular formula is C6H7N3O3. The summed E-state index contributed by atoms with van der Waals surface area (Å²) in [5.74, 6) is -1.55. The fourth-order valence-corrected chi connectivity index (χ4v) is 0.553. The zero-order valence-electron chi connectivity index (χ0n) is 6.33. The number of hydrogen-bond acceptors (Lipinski definition) is 4. The number of aromatic nitrogens is 1. The van der Waals surface area contributed by atoms with E-state index in [1.165, 1.54) is 19.5 Å². The lowest BCUT2D eigenvalue weighted by atomic mass is 10.5. The van der Waals surface area contributed by atoms with Crippen LogP contribution in [-0.4, -0.2) is 23.8 Å². The third kappa shape index (κ3) is 1.82. The van der Waals surface area contributed by atoms with Crippen molar-refractivity contribution in [3.63, 3.8) is 0 Å². The second-order valence-electron chi connectivity index (χ2n) is 1.87. The summed E-state index contributed by atoms with van der Waals surface area (Å²) in [5.41, 5.74) is 0. The first-order chi connectivity index (χ1) is 5.74. The van der Waals surface area contributed by atoms with Gasteiger partial charge >= 0.3 is 17.8 Å². The summed E-state index contributed by atoms with van der Waals surface area (Å²) < 4.78 is 4.68. The van der Waals surface area contributed by atoms with Gasteiger partial charge in [0.2, 0.25) is 0 Å². The highest BCUT2D eigenvalue weighted by Crippen LogP contribution is 1.99. The maximum atomic E-state index is 10.8. The fourth-order valence-electron chi connectivity index (χ4n) is 0.553. The third-order valence-corrected chi connectivity index (χ3v) is 1.09. The van der Waals surface area contributed by atoms with Crippen molar-refractivity contribution in [1.82, 2.24) is 10.3 Å².